The van der Waals surface area contributed by atoms with Crippen molar-refractivity contribution in [1.82, 2.24) is 0 Å². The van der Waals surface area contributed by atoms with Crippen molar-refractivity contribution in [3.8, 4) is 0 Å². The van der Waals surface area contributed by atoms with E-state index in [0.29, 0.717) is 5.92 Å². The Morgan fingerprint density at radius 1 is 1.10 bits per heavy atom. The summed E-state index contributed by atoms with van der Waals surface area (Å²) in [4.78, 5) is 2.33. The fourth-order valence-corrected chi connectivity index (χ4v) is 2.63. The maximum atomic E-state index is 6.31. The third-order valence-corrected chi connectivity index (χ3v) is 4.41. The van der Waals surface area contributed by atoms with Crippen LogP contribution < -0.4 is 10.6 Å². The standard InChI is InChI=1S/C19H26N2/c1-6-13(2)12-18-15(4)19(20)14(3)16(5)21(18)17-10-8-7-9-11-17/h7-13H,6,20H2,1-5H3/b18-12+. The van der Waals surface area contributed by atoms with E-state index in [4.69, 9.17) is 5.73 Å². The highest BCUT2D eigenvalue weighted by Crippen LogP contribution is 2.36. The van der Waals surface area contributed by atoms with Gasteiger partial charge in [-0.05, 0) is 50.0 Å². The highest BCUT2D eigenvalue weighted by molar-refractivity contribution is 5.67. The summed E-state index contributed by atoms with van der Waals surface area (Å²) in [7, 11) is 0. The Balaban J connectivity index is 2.61. The molecule has 1 heterocycles. The van der Waals surface area contributed by atoms with Crippen LogP contribution in [0.15, 0.2) is 64.6 Å². The fraction of sp³-hybridized carbons (Fsp3) is 0.368. The van der Waals surface area contributed by atoms with Gasteiger partial charge >= 0.3 is 0 Å². The van der Waals surface area contributed by atoms with Gasteiger partial charge in [0.15, 0.2) is 0 Å². The average molecular weight is 282 g/mol. The Morgan fingerprint density at radius 3 is 2.29 bits per heavy atom. The lowest BCUT2D eigenvalue weighted by molar-refractivity contribution is 0.689. The second kappa shape index (κ2) is 6.21. The molecule has 1 atom stereocenters. The quantitative estimate of drug-likeness (QED) is 0.848. The molecule has 1 aliphatic rings. The molecular formula is C19H26N2. The van der Waals surface area contributed by atoms with E-state index in [1.165, 1.54) is 22.7 Å². The van der Waals surface area contributed by atoms with Gasteiger partial charge in [0, 0.05) is 22.8 Å². The minimum absolute atomic E-state index is 0.528. The molecule has 0 saturated heterocycles. The van der Waals surface area contributed by atoms with Crippen LogP contribution in [0.3, 0.4) is 0 Å². The van der Waals surface area contributed by atoms with E-state index in [2.05, 4.69) is 75.9 Å². The molecular weight excluding hydrogens is 256 g/mol. The molecule has 0 saturated carbocycles. The van der Waals surface area contributed by atoms with Gasteiger partial charge < -0.3 is 10.6 Å². The molecule has 0 aromatic heterocycles. The Kier molecular flexibility index (Phi) is 4.56. The van der Waals surface area contributed by atoms with Crippen LogP contribution in [0.2, 0.25) is 0 Å². The zero-order chi connectivity index (χ0) is 15.6. The van der Waals surface area contributed by atoms with Crippen LogP contribution >= 0.6 is 0 Å². The van der Waals surface area contributed by atoms with E-state index in [1.54, 1.807) is 0 Å². The van der Waals surface area contributed by atoms with Crippen molar-refractivity contribution < 1.29 is 0 Å². The van der Waals surface area contributed by atoms with Gasteiger partial charge in [0.2, 0.25) is 0 Å². The molecule has 0 spiro atoms. The molecule has 2 nitrogen and oxygen atoms in total. The smallest absolute Gasteiger partial charge is 0.0471 e. The first-order valence-corrected chi connectivity index (χ1v) is 7.68. The van der Waals surface area contributed by atoms with Crippen LogP contribution in [0.25, 0.3) is 0 Å². The first kappa shape index (κ1) is 15.4. The number of para-hydroxylation sites is 1. The summed E-state index contributed by atoms with van der Waals surface area (Å²) >= 11 is 0. The number of benzene rings is 1. The van der Waals surface area contributed by atoms with Crippen LogP contribution in [-0.4, -0.2) is 0 Å². The summed E-state index contributed by atoms with van der Waals surface area (Å²) in [5, 5.41) is 0. The number of rotatable bonds is 3. The van der Waals surface area contributed by atoms with E-state index in [1.807, 2.05) is 0 Å². The molecule has 2 heteroatoms. The molecule has 0 fully saturated rings. The van der Waals surface area contributed by atoms with Crippen molar-refractivity contribution in [2.75, 3.05) is 4.90 Å². The van der Waals surface area contributed by atoms with Gasteiger partial charge in [0.25, 0.3) is 0 Å². The molecule has 1 unspecified atom stereocenters. The SMILES string of the molecule is CCC(C)/C=C1\C(C)=C(N)C(C)=C(C)N1c1ccccc1. The first-order valence-electron chi connectivity index (χ1n) is 7.68. The van der Waals surface area contributed by atoms with Crippen molar-refractivity contribution in [3.63, 3.8) is 0 Å². The highest BCUT2D eigenvalue weighted by Gasteiger charge is 2.24. The second-order valence-electron chi connectivity index (χ2n) is 5.86. The normalized spacial score (nSPS) is 19.5. The number of nitrogens with two attached hydrogens (primary N) is 1. The van der Waals surface area contributed by atoms with Crippen LogP contribution in [0.4, 0.5) is 5.69 Å². The number of allylic oxidation sites excluding steroid dienone is 4. The molecule has 1 aromatic carbocycles. The summed E-state index contributed by atoms with van der Waals surface area (Å²) in [6.07, 6.45) is 3.46. The van der Waals surface area contributed by atoms with Crippen molar-refractivity contribution in [3.05, 3.63) is 64.6 Å². The minimum Gasteiger partial charge on any atom is -0.398 e. The topological polar surface area (TPSA) is 29.3 Å². The van der Waals surface area contributed by atoms with E-state index in [-0.39, 0.29) is 0 Å². The second-order valence-corrected chi connectivity index (χ2v) is 5.86. The van der Waals surface area contributed by atoms with Crippen molar-refractivity contribution >= 4 is 5.69 Å². The maximum Gasteiger partial charge on any atom is 0.0471 e. The van der Waals surface area contributed by atoms with Gasteiger partial charge in [0.05, 0.1) is 0 Å². The van der Waals surface area contributed by atoms with Crippen LogP contribution in [0, 0.1) is 5.92 Å². The lowest BCUT2D eigenvalue weighted by Crippen LogP contribution is -2.29. The Hall–Kier alpha value is -1.96. The Morgan fingerprint density at radius 2 is 1.71 bits per heavy atom. The highest BCUT2D eigenvalue weighted by atomic mass is 15.2. The summed E-state index contributed by atoms with van der Waals surface area (Å²) in [6, 6.07) is 10.5. The van der Waals surface area contributed by atoms with Gasteiger partial charge in [-0.2, -0.15) is 0 Å². The molecule has 2 rings (SSSR count). The van der Waals surface area contributed by atoms with E-state index in [0.717, 1.165) is 17.7 Å². The molecule has 1 aromatic rings. The van der Waals surface area contributed by atoms with E-state index >= 15 is 0 Å². The summed E-state index contributed by atoms with van der Waals surface area (Å²) in [5.74, 6) is 0.528. The molecule has 0 radical (unpaired) electrons. The molecule has 0 amide bonds. The first-order chi connectivity index (χ1) is 9.97. The van der Waals surface area contributed by atoms with Crippen molar-refractivity contribution in [1.29, 1.82) is 0 Å². The predicted octanol–water partition coefficient (Wildman–Crippen LogP) is 4.96. The number of nitrogens with zero attached hydrogens (tertiary/aromatic N) is 1. The average Bonchev–Trinajstić information content (AvgIpc) is 2.51. The third kappa shape index (κ3) is 2.90. The molecule has 2 N–H and O–H groups in total. The van der Waals surface area contributed by atoms with Crippen molar-refractivity contribution in [2.24, 2.45) is 11.7 Å². The zero-order valence-corrected chi connectivity index (χ0v) is 13.8. The molecule has 1 aliphatic heterocycles. The van der Waals surface area contributed by atoms with Gasteiger partial charge in [-0.1, -0.05) is 44.5 Å². The van der Waals surface area contributed by atoms with Crippen molar-refractivity contribution in [2.45, 2.75) is 41.0 Å². The Labute approximate surface area is 128 Å². The monoisotopic (exact) mass is 282 g/mol. The van der Waals surface area contributed by atoms with E-state index in [9.17, 15) is 0 Å². The minimum atomic E-state index is 0.528. The lowest BCUT2D eigenvalue weighted by Gasteiger charge is -2.35. The number of anilines is 1. The molecule has 0 bridgehead atoms. The molecule has 112 valence electrons. The molecule has 0 aliphatic carbocycles. The number of hydrogen-bond acceptors (Lipinski definition) is 2. The summed E-state index contributed by atoms with van der Waals surface area (Å²) < 4.78 is 0. The Bertz CT molecular complexity index is 606. The maximum absolute atomic E-state index is 6.31. The van der Waals surface area contributed by atoms with Crippen LogP contribution in [0.1, 0.15) is 41.0 Å². The van der Waals surface area contributed by atoms with Crippen LogP contribution in [0.5, 0.6) is 0 Å². The zero-order valence-electron chi connectivity index (χ0n) is 13.8. The predicted molar refractivity (Wildman–Crippen MR) is 91.7 cm³/mol. The van der Waals surface area contributed by atoms with Gasteiger partial charge in [-0.3, -0.25) is 0 Å². The third-order valence-electron chi connectivity index (χ3n) is 4.41. The largest absolute Gasteiger partial charge is 0.398 e. The lowest BCUT2D eigenvalue weighted by atomic mass is 9.95. The van der Waals surface area contributed by atoms with Gasteiger partial charge in [-0.15, -0.1) is 0 Å². The van der Waals surface area contributed by atoms with E-state index < -0.39 is 0 Å². The summed E-state index contributed by atoms with van der Waals surface area (Å²) in [5.41, 5.74) is 13.2. The summed E-state index contributed by atoms with van der Waals surface area (Å²) in [6.45, 7) is 10.8. The number of hydrogen-bond donors (Lipinski definition) is 1. The van der Waals surface area contributed by atoms with Gasteiger partial charge in [-0.25, -0.2) is 0 Å². The molecule has 21 heavy (non-hydrogen) atoms. The van der Waals surface area contributed by atoms with Gasteiger partial charge in [0.1, 0.15) is 0 Å². The fourth-order valence-electron chi connectivity index (χ4n) is 2.63. The van der Waals surface area contributed by atoms with Crippen LogP contribution in [-0.2, 0) is 0 Å².